The van der Waals surface area contributed by atoms with E-state index in [1.165, 1.54) is 18.9 Å². The molecule has 0 bridgehead atoms. The molecule has 120 valence electrons. The van der Waals surface area contributed by atoms with Gasteiger partial charge >= 0.3 is 5.97 Å². The Hall–Kier alpha value is -1.58. The summed E-state index contributed by atoms with van der Waals surface area (Å²) in [6.45, 7) is 2.89. The minimum atomic E-state index is -1.22. The number of ether oxygens (including phenoxy) is 1. The van der Waals surface area contributed by atoms with Crippen molar-refractivity contribution in [1.82, 2.24) is 0 Å². The van der Waals surface area contributed by atoms with Crippen molar-refractivity contribution in [1.29, 1.82) is 0 Å². The van der Waals surface area contributed by atoms with Gasteiger partial charge in [0.25, 0.3) is 0 Å². The molecule has 3 rings (SSSR count). The molecule has 4 heteroatoms. The minimum Gasteiger partial charge on any atom is -0.493 e. The Morgan fingerprint density at radius 2 is 1.91 bits per heavy atom. The largest absolute Gasteiger partial charge is 0.493 e. The fourth-order valence-corrected chi connectivity index (χ4v) is 3.32. The van der Waals surface area contributed by atoms with E-state index in [9.17, 15) is 9.18 Å². The van der Waals surface area contributed by atoms with E-state index in [0.29, 0.717) is 23.8 Å². The van der Waals surface area contributed by atoms with Gasteiger partial charge in [0.15, 0.2) is 0 Å². The second-order valence-electron chi connectivity index (χ2n) is 6.86. The van der Waals surface area contributed by atoms with Crippen LogP contribution in [-0.4, -0.2) is 17.7 Å². The molecule has 2 saturated carbocycles. The number of hydrogen-bond acceptors (Lipinski definition) is 2. The fraction of sp³-hybridized carbons (Fsp3) is 0.611. The maximum atomic E-state index is 14.4. The molecule has 2 aliphatic rings. The Balaban J connectivity index is 1.73. The summed E-state index contributed by atoms with van der Waals surface area (Å²) in [7, 11) is 0. The summed E-state index contributed by atoms with van der Waals surface area (Å²) in [4.78, 5) is 11.1. The van der Waals surface area contributed by atoms with Crippen LogP contribution in [0, 0.1) is 17.7 Å². The van der Waals surface area contributed by atoms with Crippen molar-refractivity contribution in [2.24, 2.45) is 11.8 Å². The van der Waals surface area contributed by atoms with Crippen LogP contribution in [0.4, 0.5) is 4.39 Å². The van der Waals surface area contributed by atoms with Crippen LogP contribution in [0.3, 0.4) is 0 Å². The number of hydrogen-bond donors (Lipinski definition) is 1. The van der Waals surface area contributed by atoms with Crippen molar-refractivity contribution in [3.05, 3.63) is 29.1 Å². The lowest BCUT2D eigenvalue weighted by molar-refractivity contribution is 0.0691. The quantitative estimate of drug-likeness (QED) is 0.864. The van der Waals surface area contributed by atoms with Crippen molar-refractivity contribution in [3.8, 4) is 5.75 Å². The number of halogens is 1. The van der Waals surface area contributed by atoms with E-state index in [1.54, 1.807) is 6.07 Å². The van der Waals surface area contributed by atoms with Crippen molar-refractivity contribution in [2.75, 3.05) is 6.61 Å². The fourth-order valence-electron chi connectivity index (χ4n) is 3.32. The van der Waals surface area contributed by atoms with E-state index in [-0.39, 0.29) is 11.5 Å². The van der Waals surface area contributed by atoms with Gasteiger partial charge in [-0.2, -0.15) is 0 Å². The van der Waals surface area contributed by atoms with Crippen LogP contribution in [0.2, 0.25) is 0 Å². The molecule has 3 nitrogen and oxygen atoms in total. The highest BCUT2D eigenvalue weighted by Crippen LogP contribution is 2.46. The zero-order valence-electron chi connectivity index (χ0n) is 13.0. The van der Waals surface area contributed by atoms with Crippen molar-refractivity contribution in [3.63, 3.8) is 0 Å². The van der Waals surface area contributed by atoms with E-state index in [1.807, 2.05) is 0 Å². The van der Waals surface area contributed by atoms with Crippen molar-refractivity contribution in [2.45, 2.75) is 51.4 Å². The molecule has 0 unspecified atom stereocenters. The van der Waals surface area contributed by atoms with E-state index in [0.717, 1.165) is 31.6 Å². The Kier molecular flexibility index (Phi) is 4.37. The molecule has 0 amide bonds. The maximum Gasteiger partial charge on any atom is 0.338 e. The van der Waals surface area contributed by atoms with Crippen LogP contribution in [0.15, 0.2) is 12.1 Å². The zero-order chi connectivity index (χ0) is 15.7. The number of carbonyl (C=O) groups is 1. The third-order valence-corrected chi connectivity index (χ3v) is 4.97. The lowest BCUT2D eigenvalue weighted by atomic mass is 9.83. The normalized spacial score (nSPS) is 25.0. The van der Waals surface area contributed by atoms with Crippen LogP contribution < -0.4 is 4.74 Å². The van der Waals surface area contributed by atoms with Gasteiger partial charge in [-0.25, -0.2) is 9.18 Å². The first kappa shape index (κ1) is 15.3. The molecule has 2 fully saturated rings. The molecule has 1 N–H and O–H groups in total. The number of rotatable bonds is 5. The van der Waals surface area contributed by atoms with Gasteiger partial charge in [-0.3, -0.25) is 0 Å². The summed E-state index contributed by atoms with van der Waals surface area (Å²) in [6, 6.07) is 2.95. The molecule has 0 radical (unpaired) electrons. The SMILES string of the molecule is CC1CCC(COc2ccc(C(=O)O)c(F)c2C2CC2)CC1. The Bertz CT molecular complexity index is 558. The van der Waals surface area contributed by atoms with E-state index >= 15 is 0 Å². The summed E-state index contributed by atoms with van der Waals surface area (Å²) in [5.74, 6) is 0.178. The van der Waals surface area contributed by atoms with Gasteiger partial charge in [-0.1, -0.05) is 19.8 Å². The van der Waals surface area contributed by atoms with Crippen LogP contribution in [0.1, 0.15) is 67.3 Å². The minimum absolute atomic E-state index is 0.126. The zero-order valence-corrected chi connectivity index (χ0v) is 13.0. The van der Waals surface area contributed by atoms with Crippen LogP contribution in [0.5, 0.6) is 5.75 Å². The molecule has 0 aliphatic heterocycles. The lowest BCUT2D eigenvalue weighted by Gasteiger charge is -2.26. The molecular formula is C18H23FO3. The number of aromatic carboxylic acids is 1. The number of carboxylic acids is 1. The third-order valence-electron chi connectivity index (χ3n) is 4.97. The Morgan fingerprint density at radius 1 is 1.23 bits per heavy atom. The summed E-state index contributed by atoms with van der Waals surface area (Å²) in [5, 5.41) is 9.06. The molecule has 0 saturated heterocycles. The highest BCUT2D eigenvalue weighted by atomic mass is 19.1. The average molecular weight is 306 g/mol. The summed E-state index contributed by atoms with van der Waals surface area (Å²) < 4.78 is 20.3. The van der Waals surface area contributed by atoms with Crippen LogP contribution in [-0.2, 0) is 0 Å². The van der Waals surface area contributed by atoms with Gasteiger partial charge in [0.2, 0.25) is 0 Å². The average Bonchev–Trinajstić information content (AvgIpc) is 3.31. The summed E-state index contributed by atoms with van der Waals surface area (Å²) in [6.07, 6.45) is 6.62. The van der Waals surface area contributed by atoms with E-state index in [2.05, 4.69) is 6.92 Å². The van der Waals surface area contributed by atoms with Crippen molar-refractivity contribution < 1.29 is 19.0 Å². The monoisotopic (exact) mass is 306 g/mol. The second kappa shape index (κ2) is 6.27. The Morgan fingerprint density at radius 3 is 2.50 bits per heavy atom. The molecule has 0 heterocycles. The van der Waals surface area contributed by atoms with E-state index < -0.39 is 11.8 Å². The second-order valence-corrected chi connectivity index (χ2v) is 6.86. The summed E-state index contributed by atoms with van der Waals surface area (Å²) in [5.41, 5.74) is 0.227. The summed E-state index contributed by atoms with van der Waals surface area (Å²) >= 11 is 0. The maximum absolute atomic E-state index is 14.4. The lowest BCUT2D eigenvalue weighted by Crippen LogP contribution is -2.19. The van der Waals surface area contributed by atoms with Gasteiger partial charge in [-0.15, -0.1) is 0 Å². The highest BCUT2D eigenvalue weighted by Gasteiger charge is 2.32. The first-order chi connectivity index (χ1) is 10.6. The highest BCUT2D eigenvalue weighted by molar-refractivity contribution is 5.88. The third kappa shape index (κ3) is 3.26. The standard InChI is InChI=1S/C18H23FO3/c1-11-2-4-12(5-3-11)10-22-15-9-8-14(18(20)21)17(19)16(15)13-6-7-13/h8-9,11-13H,2-7,10H2,1H3,(H,20,21). The molecular weight excluding hydrogens is 283 g/mol. The molecule has 0 aromatic heterocycles. The molecule has 22 heavy (non-hydrogen) atoms. The molecule has 0 atom stereocenters. The number of benzene rings is 1. The van der Waals surface area contributed by atoms with Gasteiger partial charge in [0, 0.05) is 5.56 Å². The van der Waals surface area contributed by atoms with E-state index in [4.69, 9.17) is 9.84 Å². The first-order valence-corrected chi connectivity index (χ1v) is 8.24. The molecule has 1 aromatic carbocycles. The van der Waals surface area contributed by atoms with Gasteiger partial charge in [0.05, 0.1) is 12.2 Å². The van der Waals surface area contributed by atoms with Gasteiger partial charge in [-0.05, 0) is 55.6 Å². The van der Waals surface area contributed by atoms with Gasteiger partial charge in [0.1, 0.15) is 11.6 Å². The molecule has 1 aromatic rings. The predicted molar refractivity (Wildman–Crippen MR) is 82.0 cm³/mol. The smallest absolute Gasteiger partial charge is 0.338 e. The van der Waals surface area contributed by atoms with Crippen molar-refractivity contribution >= 4 is 5.97 Å². The first-order valence-electron chi connectivity index (χ1n) is 8.24. The molecule has 0 spiro atoms. The van der Waals surface area contributed by atoms with Crippen LogP contribution >= 0.6 is 0 Å². The molecule has 2 aliphatic carbocycles. The van der Waals surface area contributed by atoms with Gasteiger partial charge < -0.3 is 9.84 Å². The topological polar surface area (TPSA) is 46.5 Å². The Labute approximate surface area is 130 Å². The number of carboxylic acid groups (broad SMARTS) is 1. The van der Waals surface area contributed by atoms with Crippen LogP contribution in [0.25, 0.3) is 0 Å². The predicted octanol–water partition coefficient (Wildman–Crippen LogP) is 4.61.